The molecular weight excluding hydrogens is 429 g/mol. The van der Waals surface area contributed by atoms with Crippen molar-refractivity contribution >= 4 is 46.4 Å². The minimum atomic E-state index is 0.0189. The molecule has 5 heteroatoms. The first kappa shape index (κ1) is 21.5. The number of halogens is 2. The number of nitrogens with zero attached hydrogens (tertiary/aromatic N) is 1. The molecule has 0 spiro atoms. The topological polar surface area (TPSA) is 29.5 Å². The van der Waals surface area contributed by atoms with Gasteiger partial charge in [0.1, 0.15) is 12.4 Å². The van der Waals surface area contributed by atoms with Crippen LogP contribution in [-0.4, -0.2) is 12.5 Å². The van der Waals surface area contributed by atoms with E-state index >= 15 is 0 Å². The van der Waals surface area contributed by atoms with Gasteiger partial charge in [0.05, 0.1) is 5.69 Å². The predicted octanol–water partition coefficient (Wildman–Crippen LogP) is 7.12. The van der Waals surface area contributed by atoms with Gasteiger partial charge < -0.3 is 9.64 Å². The standard InChI is InChI=1S/C26H23Cl2NO2/c1-17(2)15-29-24-9-5-4-8-21(24)22(26(29)30)13-18-7-3-6-10-25(18)31-16-19-11-12-20(27)14-23(19)28/h3-14,17H,15-16H2,1-2H3/b22-13-. The van der Waals surface area contributed by atoms with E-state index in [1.807, 2.05) is 65.6 Å². The highest BCUT2D eigenvalue weighted by Gasteiger charge is 2.32. The molecule has 0 atom stereocenters. The Hall–Kier alpha value is -2.75. The highest BCUT2D eigenvalue weighted by atomic mass is 35.5. The smallest absolute Gasteiger partial charge is 0.259 e. The van der Waals surface area contributed by atoms with Crippen molar-refractivity contribution in [3.63, 3.8) is 0 Å². The van der Waals surface area contributed by atoms with Gasteiger partial charge in [0.15, 0.2) is 0 Å². The van der Waals surface area contributed by atoms with Crippen LogP contribution in [0.2, 0.25) is 10.0 Å². The number of hydrogen-bond donors (Lipinski definition) is 0. The van der Waals surface area contributed by atoms with Crippen LogP contribution in [0.1, 0.15) is 30.5 Å². The van der Waals surface area contributed by atoms with Crippen molar-refractivity contribution in [1.29, 1.82) is 0 Å². The lowest BCUT2D eigenvalue weighted by atomic mass is 10.0. The monoisotopic (exact) mass is 451 g/mol. The number of hydrogen-bond acceptors (Lipinski definition) is 2. The summed E-state index contributed by atoms with van der Waals surface area (Å²) in [6, 6.07) is 21.0. The Morgan fingerprint density at radius 2 is 1.74 bits per heavy atom. The van der Waals surface area contributed by atoms with Crippen LogP contribution in [0.4, 0.5) is 5.69 Å². The van der Waals surface area contributed by atoms with E-state index in [9.17, 15) is 4.79 Å². The molecule has 3 aromatic carbocycles. The molecule has 0 unspecified atom stereocenters. The molecule has 0 aliphatic carbocycles. The van der Waals surface area contributed by atoms with Gasteiger partial charge in [-0.05, 0) is 36.3 Å². The van der Waals surface area contributed by atoms with Crippen LogP contribution in [0, 0.1) is 5.92 Å². The number of benzene rings is 3. The summed E-state index contributed by atoms with van der Waals surface area (Å²) in [6.07, 6.45) is 1.92. The number of amides is 1. The highest BCUT2D eigenvalue weighted by molar-refractivity contribution is 6.36. The predicted molar refractivity (Wildman–Crippen MR) is 129 cm³/mol. The first-order valence-electron chi connectivity index (χ1n) is 10.2. The number of rotatable bonds is 6. The fraction of sp³-hybridized carbons (Fsp3) is 0.192. The van der Waals surface area contributed by atoms with Crippen molar-refractivity contribution in [1.82, 2.24) is 0 Å². The maximum absolute atomic E-state index is 13.3. The van der Waals surface area contributed by atoms with Gasteiger partial charge in [0.2, 0.25) is 0 Å². The molecule has 3 aromatic rings. The molecule has 0 fully saturated rings. The van der Waals surface area contributed by atoms with E-state index in [0.717, 1.165) is 22.4 Å². The second kappa shape index (κ2) is 9.17. The maximum Gasteiger partial charge on any atom is 0.259 e. The van der Waals surface area contributed by atoms with Gasteiger partial charge in [-0.15, -0.1) is 0 Å². The third-order valence-electron chi connectivity index (χ3n) is 5.13. The van der Waals surface area contributed by atoms with E-state index < -0.39 is 0 Å². The van der Waals surface area contributed by atoms with Gasteiger partial charge >= 0.3 is 0 Å². The zero-order valence-electron chi connectivity index (χ0n) is 17.4. The van der Waals surface area contributed by atoms with E-state index in [1.165, 1.54) is 0 Å². The lowest BCUT2D eigenvalue weighted by Gasteiger charge is -2.19. The second-order valence-corrected chi connectivity index (χ2v) is 8.79. The Balaban J connectivity index is 1.65. The van der Waals surface area contributed by atoms with Crippen molar-refractivity contribution < 1.29 is 9.53 Å². The summed E-state index contributed by atoms with van der Waals surface area (Å²) < 4.78 is 6.07. The SMILES string of the molecule is CC(C)CN1C(=O)/C(=C\c2ccccc2OCc2ccc(Cl)cc2Cl)c2ccccc21. The first-order chi connectivity index (χ1) is 14.9. The van der Waals surface area contributed by atoms with Gasteiger partial charge in [0.25, 0.3) is 5.91 Å². The van der Waals surface area contributed by atoms with Crippen LogP contribution >= 0.6 is 23.2 Å². The lowest BCUT2D eigenvalue weighted by molar-refractivity contribution is -0.113. The summed E-state index contributed by atoms with van der Waals surface area (Å²) in [6.45, 7) is 5.21. The van der Waals surface area contributed by atoms with Gasteiger partial charge in [-0.2, -0.15) is 0 Å². The Kier molecular flexibility index (Phi) is 6.35. The quantitative estimate of drug-likeness (QED) is 0.373. The molecule has 0 saturated carbocycles. The summed E-state index contributed by atoms with van der Waals surface area (Å²) in [4.78, 5) is 15.1. The van der Waals surface area contributed by atoms with E-state index in [-0.39, 0.29) is 5.91 Å². The van der Waals surface area contributed by atoms with Crippen LogP contribution in [0.3, 0.4) is 0 Å². The molecule has 31 heavy (non-hydrogen) atoms. The van der Waals surface area contributed by atoms with Crippen LogP contribution in [-0.2, 0) is 11.4 Å². The van der Waals surface area contributed by atoms with Gasteiger partial charge in [0, 0.05) is 38.9 Å². The van der Waals surface area contributed by atoms with Crippen LogP contribution < -0.4 is 9.64 Å². The Labute approximate surface area is 192 Å². The van der Waals surface area contributed by atoms with Gasteiger partial charge in [-0.1, -0.05) is 79.5 Å². The number of fused-ring (bicyclic) bond motifs is 1. The highest BCUT2D eigenvalue weighted by Crippen LogP contribution is 2.39. The fourth-order valence-electron chi connectivity index (χ4n) is 3.67. The molecule has 0 N–H and O–H groups in total. The van der Waals surface area contributed by atoms with Crippen LogP contribution in [0.25, 0.3) is 11.6 Å². The molecule has 1 aliphatic heterocycles. The zero-order chi connectivity index (χ0) is 22.0. The lowest BCUT2D eigenvalue weighted by Crippen LogP contribution is -2.30. The summed E-state index contributed by atoms with van der Waals surface area (Å²) in [5, 5.41) is 1.15. The van der Waals surface area contributed by atoms with Crippen LogP contribution in [0.5, 0.6) is 5.75 Å². The number of anilines is 1. The molecule has 1 amide bonds. The molecule has 4 rings (SSSR count). The minimum absolute atomic E-state index is 0.0189. The Morgan fingerprint density at radius 1 is 1.00 bits per heavy atom. The summed E-state index contributed by atoms with van der Waals surface area (Å²) >= 11 is 12.3. The van der Waals surface area contributed by atoms with E-state index in [1.54, 1.807) is 12.1 Å². The molecular formula is C26H23Cl2NO2. The average Bonchev–Trinajstić information content (AvgIpc) is 3.00. The molecule has 0 aromatic heterocycles. The fourth-order valence-corrected chi connectivity index (χ4v) is 4.14. The average molecular weight is 452 g/mol. The van der Waals surface area contributed by atoms with Gasteiger partial charge in [-0.3, -0.25) is 4.79 Å². The molecule has 0 radical (unpaired) electrons. The van der Waals surface area contributed by atoms with E-state index in [4.69, 9.17) is 27.9 Å². The first-order valence-corrected chi connectivity index (χ1v) is 11.0. The minimum Gasteiger partial charge on any atom is -0.488 e. The number of ether oxygens (including phenoxy) is 1. The second-order valence-electron chi connectivity index (χ2n) is 7.95. The van der Waals surface area contributed by atoms with Gasteiger partial charge in [-0.25, -0.2) is 0 Å². The Morgan fingerprint density at radius 3 is 2.52 bits per heavy atom. The normalized spacial score (nSPS) is 14.4. The van der Waals surface area contributed by atoms with Crippen molar-refractivity contribution in [2.45, 2.75) is 20.5 Å². The molecule has 1 heterocycles. The third-order valence-corrected chi connectivity index (χ3v) is 5.71. The van der Waals surface area contributed by atoms with Crippen molar-refractivity contribution in [2.75, 3.05) is 11.4 Å². The van der Waals surface area contributed by atoms with Crippen molar-refractivity contribution in [3.05, 3.63) is 93.5 Å². The van der Waals surface area contributed by atoms with Crippen molar-refractivity contribution in [3.8, 4) is 5.75 Å². The Bertz CT molecular complexity index is 1150. The van der Waals surface area contributed by atoms with E-state index in [2.05, 4.69) is 13.8 Å². The summed E-state index contributed by atoms with van der Waals surface area (Å²) in [5.74, 6) is 1.08. The molecule has 0 saturated heterocycles. The number of carbonyl (C=O) groups excluding carboxylic acids is 1. The number of para-hydroxylation sites is 2. The molecule has 3 nitrogen and oxygen atoms in total. The molecule has 0 bridgehead atoms. The van der Waals surface area contributed by atoms with Crippen LogP contribution in [0.15, 0.2) is 66.7 Å². The maximum atomic E-state index is 13.3. The molecule has 158 valence electrons. The number of carbonyl (C=O) groups is 1. The zero-order valence-corrected chi connectivity index (χ0v) is 19.0. The summed E-state index contributed by atoms with van der Waals surface area (Å²) in [7, 11) is 0. The largest absolute Gasteiger partial charge is 0.488 e. The van der Waals surface area contributed by atoms with Crippen molar-refractivity contribution in [2.24, 2.45) is 5.92 Å². The third kappa shape index (κ3) is 4.63. The van der Waals surface area contributed by atoms with E-state index in [0.29, 0.717) is 40.4 Å². The molecule has 1 aliphatic rings. The summed E-state index contributed by atoms with van der Waals surface area (Å²) in [5.41, 5.74) is 4.27.